The van der Waals surface area contributed by atoms with Gasteiger partial charge in [-0.2, -0.15) is 0 Å². The highest BCUT2D eigenvalue weighted by molar-refractivity contribution is 5.99. The molecule has 0 radical (unpaired) electrons. The maximum absolute atomic E-state index is 13.0. The summed E-state index contributed by atoms with van der Waals surface area (Å²) in [6, 6.07) is 17.1. The monoisotopic (exact) mass is 297 g/mol. The van der Waals surface area contributed by atoms with E-state index in [1.165, 1.54) is 0 Å². The molecular formula is C18H19NO3. The number of benzene rings is 2. The third-order valence-corrected chi connectivity index (χ3v) is 3.85. The van der Waals surface area contributed by atoms with Crippen LogP contribution in [0.25, 0.3) is 0 Å². The molecule has 22 heavy (non-hydrogen) atoms. The van der Waals surface area contributed by atoms with E-state index in [9.17, 15) is 4.79 Å². The first-order valence-corrected chi connectivity index (χ1v) is 7.35. The van der Waals surface area contributed by atoms with Gasteiger partial charge in [-0.3, -0.25) is 4.79 Å². The number of anilines is 1. The molecule has 0 fully saturated rings. The van der Waals surface area contributed by atoms with Crippen molar-refractivity contribution in [3.05, 3.63) is 60.2 Å². The molecule has 0 aliphatic carbocycles. The lowest BCUT2D eigenvalue weighted by atomic mass is 10.1. The summed E-state index contributed by atoms with van der Waals surface area (Å²) in [5, 5.41) is 0. The van der Waals surface area contributed by atoms with Gasteiger partial charge in [-0.15, -0.1) is 0 Å². The van der Waals surface area contributed by atoms with Crippen molar-refractivity contribution in [2.45, 2.75) is 19.1 Å². The van der Waals surface area contributed by atoms with Crippen LogP contribution in [0.5, 0.6) is 5.75 Å². The number of fused-ring (bicyclic) bond motifs is 1. The number of amides is 1. The Bertz CT molecular complexity index is 656. The molecule has 0 saturated carbocycles. The van der Waals surface area contributed by atoms with Gasteiger partial charge in [0.15, 0.2) is 6.10 Å². The van der Waals surface area contributed by atoms with Gasteiger partial charge in [0.25, 0.3) is 5.91 Å². The van der Waals surface area contributed by atoms with Gasteiger partial charge in [0.2, 0.25) is 0 Å². The van der Waals surface area contributed by atoms with Gasteiger partial charge in [-0.25, -0.2) is 0 Å². The second-order valence-corrected chi connectivity index (χ2v) is 5.36. The first-order chi connectivity index (χ1) is 10.7. The third kappa shape index (κ3) is 2.57. The van der Waals surface area contributed by atoms with Crippen LogP contribution < -0.4 is 9.64 Å². The molecule has 2 aromatic rings. The smallest absolute Gasteiger partial charge is 0.261 e. The Morgan fingerprint density at radius 1 is 1.18 bits per heavy atom. The molecule has 1 aliphatic heterocycles. The molecule has 0 bridgehead atoms. The van der Waals surface area contributed by atoms with Crippen molar-refractivity contribution in [2.75, 3.05) is 18.6 Å². The lowest BCUT2D eigenvalue weighted by Crippen LogP contribution is -2.47. The van der Waals surface area contributed by atoms with E-state index in [4.69, 9.17) is 9.47 Å². The summed E-state index contributed by atoms with van der Waals surface area (Å²) < 4.78 is 11.2. The van der Waals surface area contributed by atoms with Crippen molar-refractivity contribution in [3.63, 3.8) is 0 Å². The minimum Gasteiger partial charge on any atom is -0.489 e. The second kappa shape index (κ2) is 6.20. The summed E-state index contributed by atoms with van der Waals surface area (Å²) in [6.45, 7) is 2.46. The molecule has 114 valence electrons. The predicted octanol–water partition coefficient (Wildman–Crippen LogP) is 3.19. The van der Waals surface area contributed by atoms with E-state index in [1.807, 2.05) is 61.5 Å². The first-order valence-electron chi connectivity index (χ1n) is 7.35. The molecule has 0 spiro atoms. The van der Waals surface area contributed by atoms with Crippen LogP contribution >= 0.6 is 0 Å². The van der Waals surface area contributed by atoms with Crippen molar-refractivity contribution in [2.24, 2.45) is 0 Å². The summed E-state index contributed by atoms with van der Waals surface area (Å²) in [7, 11) is 1.56. The van der Waals surface area contributed by atoms with E-state index in [-0.39, 0.29) is 11.9 Å². The molecule has 2 unspecified atom stereocenters. The molecule has 1 amide bonds. The lowest BCUT2D eigenvalue weighted by Gasteiger charge is -2.36. The molecule has 1 aliphatic rings. The highest BCUT2D eigenvalue weighted by atomic mass is 16.5. The van der Waals surface area contributed by atoms with Crippen LogP contribution in [0.15, 0.2) is 54.6 Å². The minimum absolute atomic E-state index is 0.0382. The van der Waals surface area contributed by atoms with Crippen LogP contribution in [0.4, 0.5) is 5.69 Å². The Kier molecular flexibility index (Phi) is 4.11. The SMILES string of the molecule is COC(C(=O)N1c2ccccc2OCC1C)c1ccccc1. The molecule has 0 N–H and O–H groups in total. The minimum atomic E-state index is -0.616. The summed E-state index contributed by atoms with van der Waals surface area (Å²) in [4.78, 5) is 14.8. The van der Waals surface area contributed by atoms with Crippen LogP contribution in [0.1, 0.15) is 18.6 Å². The van der Waals surface area contributed by atoms with Crippen molar-refractivity contribution < 1.29 is 14.3 Å². The summed E-state index contributed by atoms with van der Waals surface area (Å²) in [5.41, 5.74) is 1.65. The average Bonchev–Trinajstić information content (AvgIpc) is 2.56. The standard InChI is InChI=1S/C18H19NO3/c1-13-12-22-16-11-7-6-10-15(16)19(13)18(20)17(21-2)14-8-4-3-5-9-14/h3-11,13,17H,12H2,1-2H3. The van der Waals surface area contributed by atoms with Crippen LogP contribution in [-0.4, -0.2) is 25.7 Å². The van der Waals surface area contributed by atoms with Gasteiger partial charge in [0.1, 0.15) is 12.4 Å². The highest BCUT2D eigenvalue weighted by Crippen LogP contribution is 2.35. The Labute approximate surface area is 130 Å². The van der Waals surface area contributed by atoms with Gasteiger partial charge in [-0.05, 0) is 24.6 Å². The number of nitrogens with zero attached hydrogens (tertiary/aromatic N) is 1. The molecular weight excluding hydrogens is 278 g/mol. The topological polar surface area (TPSA) is 38.8 Å². The molecule has 1 heterocycles. The number of para-hydroxylation sites is 2. The zero-order chi connectivity index (χ0) is 15.5. The third-order valence-electron chi connectivity index (χ3n) is 3.85. The predicted molar refractivity (Wildman–Crippen MR) is 85.1 cm³/mol. The Morgan fingerprint density at radius 3 is 2.59 bits per heavy atom. The molecule has 2 aromatic carbocycles. The summed E-state index contributed by atoms with van der Waals surface area (Å²) in [6.07, 6.45) is -0.616. The number of ether oxygens (including phenoxy) is 2. The lowest BCUT2D eigenvalue weighted by molar-refractivity contribution is -0.129. The van der Waals surface area contributed by atoms with Gasteiger partial charge < -0.3 is 14.4 Å². The maximum atomic E-state index is 13.0. The van der Waals surface area contributed by atoms with Crippen LogP contribution in [0, 0.1) is 0 Å². The van der Waals surface area contributed by atoms with Gasteiger partial charge in [0, 0.05) is 7.11 Å². The van der Waals surface area contributed by atoms with Crippen molar-refractivity contribution >= 4 is 11.6 Å². The number of hydrogen-bond donors (Lipinski definition) is 0. The number of rotatable bonds is 3. The highest BCUT2D eigenvalue weighted by Gasteiger charge is 2.34. The van der Waals surface area contributed by atoms with Crippen LogP contribution in [0.3, 0.4) is 0 Å². The Morgan fingerprint density at radius 2 is 1.86 bits per heavy atom. The number of carbonyl (C=O) groups excluding carboxylic acids is 1. The maximum Gasteiger partial charge on any atom is 0.261 e. The molecule has 4 nitrogen and oxygen atoms in total. The van der Waals surface area contributed by atoms with E-state index < -0.39 is 6.10 Å². The fraction of sp³-hybridized carbons (Fsp3) is 0.278. The zero-order valence-corrected chi connectivity index (χ0v) is 12.7. The van der Waals surface area contributed by atoms with Gasteiger partial charge in [-0.1, -0.05) is 42.5 Å². The van der Waals surface area contributed by atoms with Gasteiger partial charge >= 0.3 is 0 Å². The summed E-state index contributed by atoms with van der Waals surface area (Å²) in [5.74, 6) is 0.661. The number of carbonyl (C=O) groups is 1. The van der Waals surface area contributed by atoms with E-state index in [0.717, 1.165) is 17.0 Å². The average molecular weight is 297 g/mol. The van der Waals surface area contributed by atoms with Crippen molar-refractivity contribution in [1.29, 1.82) is 0 Å². The quantitative estimate of drug-likeness (QED) is 0.873. The molecule has 0 aromatic heterocycles. The normalized spacial score (nSPS) is 18.3. The summed E-state index contributed by atoms with van der Waals surface area (Å²) >= 11 is 0. The molecule has 4 heteroatoms. The van der Waals surface area contributed by atoms with E-state index in [0.29, 0.717) is 6.61 Å². The van der Waals surface area contributed by atoms with E-state index >= 15 is 0 Å². The van der Waals surface area contributed by atoms with Gasteiger partial charge in [0.05, 0.1) is 11.7 Å². The molecule has 2 atom stereocenters. The Hall–Kier alpha value is -2.33. The van der Waals surface area contributed by atoms with Crippen molar-refractivity contribution in [3.8, 4) is 5.75 Å². The molecule has 0 saturated heterocycles. The number of hydrogen-bond acceptors (Lipinski definition) is 3. The number of methoxy groups -OCH3 is 1. The fourth-order valence-electron chi connectivity index (χ4n) is 2.77. The van der Waals surface area contributed by atoms with Crippen LogP contribution in [-0.2, 0) is 9.53 Å². The zero-order valence-electron chi connectivity index (χ0n) is 12.7. The van der Waals surface area contributed by atoms with E-state index in [2.05, 4.69) is 0 Å². The largest absolute Gasteiger partial charge is 0.489 e. The van der Waals surface area contributed by atoms with Crippen LogP contribution in [0.2, 0.25) is 0 Å². The van der Waals surface area contributed by atoms with E-state index in [1.54, 1.807) is 12.0 Å². The van der Waals surface area contributed by atoms with Crippen molar-refractivity contribution in [1.82, 2.24) is 0 Å². The fourth-order valence-corrected chi connectivity index (χ4v) is 2.77. The second-order valence-electron chi connectivity index (χ2n) is 5.36. The Balaban J connectivity index is 1.97. The first kappa shape index (κ1) is 14.6. The molecule has 3 rings (SSSR count).